The van der Waals surface area contributed by atoms with Gasteiger partial charge in [-0.15, -0.1) is 11.8 Å². The summed E-state index contributed by atoms with van der Waals surface area (Å²) in [4.78, 5) is 25.4. The molecule has 3 atom stereocenters. The standard InChI is InChI=1S/C12H19NO4S/c1-3-9-13(8(7-18-9)10(14)15)11(16)12(2)5-4-6-17-12/h8-9H,3-7H2,1-2H3,(H,14,15). The lowest BCUT2D eigenvalue weighted by atomic mass is 10.00. The van der Waals surface area contributed by atoms with Crippen molar-refractivity contribution in [3.05, 3.63) is 0 Å². The van der Waals surface area contributed by atoms with Crippen molar-refractivity contribution in [2.24, 2.45) is 0 Å². The maximum atomic E-state index is 12.6. The Morgan fingerprint density at radius 1 is 1.56 bits per heavy atom. The van der Waals surface area contributed by atoms with Gasteiger partial charge in [0, 0.05) is 12.4 Å². The number of nitrogens with zero attached hydrogens (tertiary/aromatic N) is 1. The van der Waals surface area contributed by atoms with E-state index in [1.54, 1.807) is 18.7 Å². The van der Waals surface area contributed by atoms with Gasteiger partial charge in [-0.1, -0.05) is 6.92 Å². The fourth-order valence-electron chi connectivity index (χ4n) is 2.56. The number of carbonyl (C=O) groups excluding carboxylic acids is 1. The Morgan fingerprint density at radius 3 is 2.78 bits per heavy atom. The normalized spacial score (nSPS) is 36.0. The number of carboxylic acids is 1. The maximum Gasteiger partial charge on any atom is 0.327 e. The molecule has 0 bridgehead atoms. The lowest BCUT2D eigenvalue weighted by Crippen LogP contribution is -2.53. The highest BCUT2D eigenvalue weighted by Gasteiger charge is 2.49. The van der Waals surface area contributed by atoms with E-state index in [1.165, 1.54) is 4.90 Å². The summed E-state index contributed by atoms with van der Waals surface area (Å²) in [6, 6.07) is -0.714. The maximum absolute atomic E-state index is 12.6. The van der Waals surface area contributed by atoms with Crippen LogP contribution in [0.25, 0.3) is 0 Å². The zero-order chi connectivity index (χ0) is 13.3. The van der Waals surface area contributed by atoms with Gasteiger partial charge in [-0.25, -0.2) is 4.79 Å². The lowest BCUT2D eigenvalue weighted by molar-refractivity contribution is -0.160. The van der Waals surface area contributed by atoms with Crippen molar-refractivity contribution in [1.82, 2.24) is 4.90 Å². The summed E-state index contributed by atoms with van der Waals surface area (Å²) in [6.07, 6.45) is 2.30. The van der Waals surface area contributed by atoms with Crippen LogP contribution in [0.4, 0.5) is 0 Å². The predicted octanol–water partition coefficient (Wildman–Crippen LogP) is 1.32. The van der Waals surface area contributed by atoms with Crippen LogP contribution in [-0.4, -0.2) is 51.3 Å². The zero-order valence-electron chi connectivity index (χ0n) is 10.7. The summed E-state index contributed by atoms with van der Waals surface area (Å²) >= 11 is 1.54. The molecule has 0 aromatic rings. The van der Waals surface area contributed by atoms with Crippen LogP contribution in [0.3, 0.4) is 0 Å². The smallest absolute Gasteiger partial charge is 0.327 e. The van der Waals surface area contributed by atoms with Gasteiger partial charge in [-0.3, -0.25) is 4.79 Å². The molecule has 3 unspecified atom stereocenters. The van der Waals surface area contributed by atoms with Gasteiger partial charge in [0.15, 0.2) is 0 Å². The molecule has 6 heteroatoms. The van der Waals surface area contributed by atoms with Crippen LogP contribution in [0.15, 0.2) is 0 Å². The Hall–Kier alpha value is -0.750. The third-order valence-corrected chi connectivity index (χ3v) is 5.09. The van der Waals surface area contributed by atoms with Crippen LogP contribution >= 0.6 is 11.8 Å². The average Bonchev–Trinajstić information content (AvgIpc) is 2.94. The molecule has 0 spiro atoms. The summed E-state index contributed by atoms with van der Waals surface area (Å²) in [6.45, 7) is 4.33. The van der Waals surface area contributed by atoms with Crippen LogP contribution in [-0.2, 0) is 14.3 Å². The Morgan fingerprint density at radius 2 is 2.28 bits per heavy atom. The highest BCUT2D eigenvalue weighted by atomic mass is 32.2. The number of rotatable bonds is 3. The van der Waals surface area contributed by atoms with E-state index in [-0.39, 0.29) is 11.3 Å². The van der Waals surface area contributed by atoms with Crippen molar-refractivity contribution in [2.75, 3.05) is 12.4 Å². The fraction of sp³-hybridized carbons (Fsp3) is 0.833. The van der Waals surface area contributed by atoms with Gasteiger partial charge in [-0.05, 0) is 26.2 Å². The minimum Gasteiger partial charge on any atom is -0.480 e. The van der Waals surface area contributed by atoms with Gasteiger partial charge in [0.25, 0.3) is 5.91 Å². The Kier molecular flexibility index (Phi) is 3.87. The number of aliphatic carboxylic acids is 1. The topological polar surface area (TPSA) is 66.8 Å². The van der Waals surface area contributed by atoms with Crippen molar-refractivity contribution in [3.8, 4) is 0 Å². The van der Waals surface area contributed by atoms with E-state index >= 15 is 0 Å². The van der Waals surface area contributed by atoms with E-state index in [9.17, 15) is 14.7 Å². The quantitative estimate of drug-likeness (QED) is 0.840. The molecule has 2 heterocycles. The molecular weight excluding hydrogens is 254 g/mol. The lowest BCUT2D eigenvalue weighted by Gasteiger charge is -2.33. The molecule has 0 saturated carbocycles. The summed E-state index contributed by atoms with van der Waals surface area (Å²) in [5.74, 6) is -0.618. The van der Waals surface area contributed by atoms with E-state index in [2.05, 4.69) is 0 Å². The second-order valence-corrected chi connectivity index (χ2v) is 6.16. The molecule has 0 aromatic carbocycles. The van der Waals surface area contributed by atoms with Gasteiger partial charge in [0.2, 0.25) is 0 Å². The average molecular weight is 273 g/mol. The summed E-state index contributed by atoms with van der Waals surface area (Å²) in [5.41, 5.74) is -0.827. The molecule has 102 valence electrons. The molecule has 0 aliphatic carbocycles. The number of hydrogen-bond donors (Lipinski definition) is 1. The SMILES string of the molecule is CCC1SCC(C(=O)O)N1C(=O)C1(C)CCCO1. The monoisotopic (exact) mass is 273 g/mol. The largest absolute Gasteiger partial charge is 0.480 e. The van der Waals surface area contributed by atoms with E-state index in [0.717, 1.165) is 12.8 Å². The molecule has 1 amide bonds. The third-order valence-electron chi connectivity index (χ3n) is 3.63. The van der Waals surface area contributed by atoms with Crippen molar-refractivity contribution in [2.45, 2.75) is 50.1 Å². The van der Waals surface area contributed by atoms with Gasteiger partial charge < -0.3 is 14.7 Å². The highest BCUT2D eigenvalue weighted by Crippen LogP contribution is 2.36. The van der Waals surface area contributed by atoms with Crippen molar-refractivity contribution in [1.29, 1.82) is 0 Å². The van der Waals surface area contributed by atoms with E-state index < -0.39 is 17.6 Å². The first kappa shape index (κ1) is 13.7. The summed E-state index contributed by atoms with van der Waals surface area (Å²) < 4.78 is 5.54. The predicted molar refractivity (Wildman–Crippen MR) is 68.4 cm³/mol. The Bertz CT molecular complexity index is 354. The molecule has 2 aliphatic rings. The Balaban J connectivity index is 2.21. The fourth-order valence-corrected chi connectivity index (χ4v) is 3.91. The first-order valence-corrected chi connectivity index (χ1v) is 7.35. The molecule has 2 fully saturated rings. The number of carbonyl (C=O) groups is 2. The molecule has 2 rings (SSSR count). The number of hydrogen-bond acceptors (Lipinski definition) is 4. The molecule has 2 aliphatic heterocycles. The molecule has 1 N–H and O–H groups in total. The minimum absolute atomic E-state index is 0.0420. The van der Waals surface area contributed by atoms with Gasteiger partial charge in [-0.2, -0.15) is 0 Å². The molecule has 2 saturated heterocycles. The molecular formula is C12H19NO4S. The van der Waals surface area contributed by atoms with Crippen LogP contribution in [0, 0.1) is 0 Å². The van der Waals surface area contributed by atoms with E-state index in [1.807, 2.05) is 6.92 Å². The Labute approximate surface area is 111 Å². The third kappa shape index (κ3) is 2.23. The first-order valence-electron chi connectivity index (χ1n) is 6.30. The second kappa shape index (κ2) is 5.09. The van der Waals surface area contributed by atoms with Gasteiger partial charge in [0.05, 0.1) is 5.37 Å². The van der Waals surface area contributed by atoms with Gasteiger partial charge in [0.1, 0.15) is 11.6 Å². The van der Waals surface area contributed by atoms with Gasteiger partial charge >= 0.3 is 5.97 Å². The number of amides is 1. The van der Waals surface area contributed by atoms with Crippen molar-refractivity contribution < 1.29 is 19.4 Å². The summed E-state index contributed by atoms with van der Waals surface area (Å²) in [7, 11) is 0. The number of carboxylic acid groups (broad SMARTS) is 1. The molecule has 18 heavy (non-hydrogen) atoms. The van der Waals surface area contributed by atoms with E-state index in [4.69, 9.17) is 4.74 Å². The highest BCUT2D eigenvalue weighted by molar-refractivity contribution is 8.00. The van der Waals surface area contributed by atoms with Crippen molar-refractivity contribution >= 4 is 23.6 Å². The molecule has 0 aromatic heterocycles. The molecule has 5 nitrogen and oxygen atoms in total. The zero-order valence-corrected chi connectivity index (χ0v) is 11.5. The van der Waals surface area contributed by atoms with Crippen LogP contribution in [0.2, 0.25) is 0 Å². The van der Waals surface area contributed by atoms with Crippen LogP contribution in [0.5, 0.6) is 0 Å². The molecule has 0 radical (unpaired) electrons. The number of ether oxygens (including phenoxy) is 1. The van der Waals surface area contributed by atoms with Crippen molar-refractivity contribution in [3.63, 3.8) is 0 Å². The summed E-state index contributed by atoms with van der Waals surface area (Å²) in [5, 5.41) is 9.18. The number of thioether (sulfide) groups is 1. The van der Waals surface area contributed by atoms with E-state index in [0.29, 0.717) is 18.8 Å². The second-order valence-electron chi connectivity index (χ2n) is 4.95. The van der Waals surface area contributed by atoms with Crippen LogP contribution < -0.4 is 0 Å². The first-order chi connectivity index (χ1) is 8.49. The minimum atomic E-state index is -0.923. The van der Waals surface area contributed by atoms with Crippen LogP contribution in [0.1, 0.15) is 33.1 Å².